The van der Waals surface area contributed by atoms with Crippen molar-refractivity contribution in [3.63, 3.8) is 0 Å². The summed E-state index contributed by atoms with van der Waals surface area (Å²) in [5, 5.41) is 0. The van der Waals surface area contributed by atoms with Gasteiger partial charge in [-0.05, 0) is 12.2 Å². The van der Waals surface area contributed by atoms with Crippen LogP contribution in [0.1, 0.15) is 0 Å². The Morgan fingerprint density at radius 1 is 0.800 bits per heavy atom. The molecule has 0 atom stereocenters. The number of hydrogen-bond donors (Lipinski definition) is 0. The van der Waals surface area contributed by atoms with Crippen LogP contribution in [0.5, 0.6) is 0 Å². The summed E-state index contributed by atoms with van der Waals surface area (Å²) < 4.78 is 42.5. The van der Waals surface area contributed by atoms with E-state index >= 15 is 0 Å². The van der Waals surface area contributed by atoms with Crippen molar-refractivity contribution in [2.75, 3.05) is 13.3 Å². The van der Waals surface area contributed by atoms with Crippen LogP contribution in [-0.4, -0.2) is 13.3 Å². The standard InChI is InChI=1S/2C3H4F2/c2*4-2-1-3-5/h2*1-2H,3H2. The topological polar surface area (TPSA) is 0 Å². The fraction of sp³-hybridized carbons (Fsp3) is 0.333. The van der Waals surface area contributed by atoms with E-state index in [9.17, 15) is 17.6 Å². The lowest BCUT2D eigenvalue weighted by Gasteiger charge is -1.59. The largest absolute Gasteiger partial charge is 0.246 e. The smallest absolute Gasteiger partial charge is 0.110 e. The summed E-state index contributed by atoms with van der Waals surface area (Å²) in [6.07, 6.45) is 1.94. The van der Waals surface area contributed by atoms with E-state index in [0.29, 0.717) is 0 Å². The Labute approximate surface area is 56.9 Å². The average Bonchev–Trinajstić information content (AvgIpc) is 1.93. The van der Waals surface area contributed by atoms with E-state index in [1.807, 2.05) is 0 Å². The van der Waals surface area contributed by atoms with Gasteiger partial charge in [0.05, 0.1) is 12.7 Å². The molecule has 0 aromatic carbocycles. The molecular weight excluding hydrogens is 148 g/mol. The summed E-state index contributed by atoms with van der Waals surface area (Å²) in [4.78, 5) is 0. The van der Waals surface area contributed by atoms with Crippen LogP contribution in [0.25, 0.3) is 0 Å². The first-order valence-corrected chi connectivity index (χ1v) is 2.45. The maximum absolute atomic E-state index is 10.7. The van der Waals surface area contributed by atoms with Gasteiger partial charge in [-0.25, -0.2) is 17.6 Å². The third kappa shape index (κ3) is 27.0. The molecule has 0 aliphatic rings. The molecule has 0 fully saturated rings. The lowest BCUT2D eigenvalue weighted by molar-refractivity contribution is 0.554. The van der Waals surface area contributed by atoms with Crippen molar-refractivity contribution < 1.29 is 17.6 Å². The van der Waals surface area contributed by atoms with Crippen molar-refractivity contribution in [2.24, 2.45) is 0 Å². The van der Waals surface area contributed by atoms with E-state index in [1.54, 1.807) is 0 Å². The summed E-state index contributed by atoms with van der Waals surface area (Å²) in [6, 6.07) is 0. The van der Waals surface area contributed by atoms with Gasteiger partial charge in [-0.3, -0.25) is 0 Å². The Morgan fingerprint density at radius 2 is 1.10 bits per heavy atom. The Hall–Kier alpha value is -0.800. The monoisotopic (exact) mass is 156 g/mol. The molecule has 0 amide bonds. The van der Waals surface area contributed by atoms with Crippen molar-refractivity contribution in [3.05, 3.63) is 24.8 Å². The molecule has 0 bridgehead atoms. The zero-order valence-corrected chi connectivity index (χ0v) is 5.24. The first-order chi connectivity index (χ1) is 4.83. The van der Waals surface area contributed by atoms with Crippen LogP contribution in [0.15, 0.2) is 24.8 Å². The van der Waals surface area contributed by atoms with Crippen molar-refractivity contribution in [3.8, 4) is 0 Å². The molecule has 10 heavy (non-hydrogen) atoms. The fourth-order valence-electron chi connectivity index (χ4n) is 0.0673. The number of hydrogen-bond acceptors (Lipinski definition) is 0. The van der Waals surface area contributed by atoms with Crippen LogP contribution in [0.4, 0.5) is 17.6 Å². The molecule has 0 aliphatic carbocycles. The minimum absolute atomic E-state index is 0.181. The zero-order chi connectivity index (χ0) is 8.24. The van der Waals surface area contributed by atoms with Crippen LogP contribution in [-0.2, 0) is 0 Å². The van der Waals surface area contributed by atoms with Crippen molar-refractivity contribution >= 4 is 0 Å². The lowest BCUT2D eigenvalue weighted by atomic mass is 10.7. The van der Waals surface area contributed by atoms with Crippen molar-refractivity contribution in [1.82, 2.24) is 0 Å². The highest BCUT2D eigenvalue weighted by molar-refractivity contribution is 4.69. The van der Waals surface area contributed by atoms with Gasteiger partial charge < -0.3 is 0 Å². The molecule has 0 heterocycles. The van der Waals surface area contributed by atoms with Crippen molar-refractivity contribution in [1.29, 1.82) is 0 Å². The summed E-state index contributed by atoms with van der Waals surface area (Å²) in [5.74, 6) is 0. The van der Waals surface area contributed by atoms with E-state index in [2.05, 4.69) is 0 Å². The number of halogens is 4. The highest BCUT2D eigenvalue weighted by Gasteiger charge is 1.59. The predicted molar refractivity (Wildman–Crippen MR) is 32.4 cm³/mol. The Balaban J connectivity index is 0. The second-order valence-corrected chi connectivity index (χ2v) is 1.03. The van der Waals surface area contributed by atoms with Crippen LogP contribution < -0.4 is 0 Å². The molecule has 60 valence electrons. The van der Waals surface area contributed by atoms with Gasteiger partial charge in [0.1, 0.15) is 13.3 Å². The molecule has 0 unspecified atom stereocenters. The Kier molecular flexibility index (Phi) is 18.8. The summed E-state index contributed by atoms with van der Waals surface area (Å²) in [5.41, 5.74) is 0. The van der Waals surface area contributed by atoms with Gasteiger partial charge in [0.2, 0.25) is 0 Å². The molecule has 0 saturated carbocycles. The van der Waals surface area contributed by atoms with Gasteiger partial charge in [-0.15, -0.1) is 0 Å². The second-order valence-electron chi connectivity index (χ2n) is 1.03. The molecule has 0 spiro atoms. The Bertz CT molecular complexity index is 75.7. The first kappa shape index (κ1) is 11.9. The first-order valence-electron chi connectivity index (χ1n) is 2.45. The SMILES string of the molecule is FC=CCF.FC=CCF. The predicted octanol–water partition coefficient (Wildman–Crippen LogP) is 2.88. The normalized spacial score (nSPS) is 10.0. The summed E-state index contributed by atoms with van der Waals surface area (Å²) >= 11 is 0. The molecule has 4 heteroatoms. The fourth-order valence-corrected chi connectivity index (χ4v) is 0.0673. The number of alkyl halides is 2. The highest BCUT2D eigenvalue weighted by atomic mass is 19.1. The van der Waals surface area contributed by atoms with Gasteiger partial charge in [0.15, 0.2) is 0 Å². The Morgan fingerprint density at radius 3 is 1.10 bits per heavy atom. The van der Waals surface area contributed by atoms with Crippen LogP contribution in [0.3, 0.4) is 0 Å². The second kappa shape index (κ2) is 15.7. The van der Waals surface area contributed by atoms with Crippen LogP contribution in [0.2, 0.25) is 0 Å². The molecule has 0 saturated heterocycles. The molecule has 0 nitrogen and oxygen atoms in total. The number of rotatable bonds is 2. The summed E-state index contributed by atoms with van der Waals surface area (Å²) in [6.45, 7) is -1.42. The minimum atomic E-state index is -0.712. The van der Waals surface area contributed by atoms with Gasteiger partial charge in [0, 0.05) is 0 Å². The third-order valence-electron chi connectivity index (χ3n) is 0.356. The van der Waals surface area contributed by atoms with E-state index in [1.165, 1.54) is 0 Å². The molecule has 0 rings (SSSR count). The summed E-state index contributed by atoms with van der Waals surface area (Å²) in [7, 11) is 0. The minimum Gasteiger partial charge on any atom is -0.246 e. The molecule has 0 radical (unpaired) electrons. The van der Waals surface area contributed by atoms with Crippen molar-refractivity contribution in [2.45, 2.75) is 0 Å². The van der Waals surface area contributed by atoms with E-state index in [4.69, 9.17) is 0 Å². The maximum Gasteiger partial charge on any atom is 0.110 e. The van der Waals surface area contributed by atoms with Crippen LogP contribution >= 0.6 is 0 Å². The zero-order valence-electron chi connectivity index (χ0n) is 5.24. The van der Waals surface area contributed by atoms with Gasteiger partial charge in [-0.2, -0.15) is 0 Å². The highest BCUT2D eigenvalue weighted by Crippen LogP contribution is 1.71. The van der Waals surface area contributed by atoms with E-state index in [-0.39, 0.29) is 12.7 Å². The molecule has 0 aromatic heterocycles. The number of allylic oxidation sites excluding steroid dienone is 2. The van der Waals surface area contributed by atoms with Gasteiger partial charge in [0.25, 0.3) is 0 Å². The molecule has 0 aromatic rings. The third-order valence-corrected chi connectivity index (χ3v) is 0.356. The van der Waals surface area contributed by atoms with Gasteiger partial charge in [-0.1, -0.05) is 0 Å². The van der Waals surface area contributed by atoms with E-state index in [0.717, 1.165) is 12.2 Å². The van der Waals surface area contributed by atoms with E-state index < -0.39 is 13.3 Å². The lowest BCUT2D eigenvalue weighted by Crippen LogP contribution is -1.52. The average molecular weight is 156 g/mol. The molecule has 0 N–H and O–H groups in total. The van der Waals surface area contributed by atoms with Crippen LogP contribution in [0, 0.1) is 0 Å². The van der Waals surface area contributed by atoms with Gasteiger partial charge >= 0.3 is 0 Å². The molecular formula is C6H8F4. The molecule has 0 aliphatic heterocycles. The quantitative estimate of drug-likeness (QED) is 0.539. The maximum atomic E-state index is 10.7.